The Kier molecular flexibility index (Phi) is 3.31. The first-order chi connectivity index (χ1) is 9.13. The van der Waals surface area contributed by atoms with Crippen LogP contribution in [0.25, 0.3) is 6.08 Å². The fourth-order valence-corrected chi connectivity index (χ4v) is 4.00. The number of hydrogen-bond donors (Lipinski definition) is 0. The lowest BCUT2D eigenvalue weighted by atomic mass is 10.2. The molecule has 2 nitrogen and oxygen atoms in total. The molecular formula is C14H13F2NOS. The van der Waals surface area contributed by atoms with E-state index in [0.29, 0.717) is 11.3 Å². The van der Waals surface area contributed by atoms with Crippen LogP contribution in [0.15, 0.2) is 24.3 Å². The summed E-state index contributed by atoms with van der Waals surface area (Å²) >= 11 is 1.90. The zero-order valence-electron chi connectivity index (χ0n) is 10.2. The van der Waals surface area contributed by atoms with Crippen molar-refractivity contribution in [3.63, 3.8) is 0 Å². The van der Waals surface area contributed by atoms with Gasteiger partial charge in [-0.2, -0.15) is 11.8 Å². The number of thioether (sulfide) groups is 1. The third-order valence-corrected chi connectivity index (χ3v) is 4.94. The summed E-state index contributed by atoms with van der Waals surface area (Å²) in [5.74, 6) is -0.163. The summed E-state index contributed by atoms with van der Waals surface area (Å²) in [6, 6.07) is 3.52. The molecule has 0 unspecified atom stereocenters. The molecule has 2 saturated heterocycles. The maximum absolute atomic E-state index is 13.4. The molecule has 2 fully saturated rings. The Bertz CT molecular complexity index is 546. The van der Waals surface area contributed by atoms with E-state index in [4.69, 9.17) is 0 Å². The third-order valence-electron chi connectivity index (χ3n) is 3.55. The van der Waals surface area contributed by atoms with Crippen molar-refractivity contribution in [1.82, 2.24) is 4.90 Å². The van der Waals surface area contributed by atoms with Crippen molar-refractivity contribution in [3.05, 3.63) is 41.5 Å². The normalized spacial score (nSPS) is 25.5. The smallest absolute Gasteiger partial charge is 0.246 e. The molecule has 2 heterocycles. The Hall–Kier alpha value is -1.36. The van der Waals surface area contributed by atoms with Gasteiger partial charge in [-0.25, -0.2) is 8.78 Å². The lowest BCUT2D eigenvalue weighted by Crippen LogP contribution is -2.38. The second-order valence-electron chi connectivity index (χ2n) is 4.83. The van der Waals surface area contributed by atoms with Gasteiger partial charge in [0.15, 0.2) is 0 Å². The minimum absolute atomic E-state index is 0.104. The summed E-state index contributed by atoms with van der Waals surface area (Å²) in [5, 5.41) is 0.549. The summed E-state index contributed by atoms with van der Waals surface area (Å²) < 4.78 is 26.4. The number of benzene rings is 1. The molecule has 2 bridgehead atoms. The first-order valence-corrected chi connectivity index (χ1v) is 7.23. The van der Waals surface area contributed by atoms with Crippen molar-refractivity contribution >= 4 is 23.7 Å². The molecule has 19 heavy (non-hydrogen) atoms. The second-order valence-corrected chi connectivity index (χ2v) is 6.17. The Morgan fingerprint density at radius 1 is 1.42 bits per heavy atom. The Morgan fingerprint density at radius 3 is 2.95 bits per heavy atom. The Morgan fingerprint density at radius 2 is 2.26 bits per heavy atom. The van der Waals surface area contributed by atoms with E-state index in [1.54, 1.807) is 0 Å². The molecule has 1 aromatic rings. The molecule has 1 amide bonds. The average Bonchev–Trinajstić information content (AvgIpc) is 3.02. The molecule has 2 aliphatic rings. The minimum Gasteiger partial charge on any atom is -0.334 e. The molecular weight excluding hydrogens is 268 g/mol. The number of carbonyl (C=O) groups excluding carboxylic acids is 1. The maximum Gasteiger partial charge on any atom is 0.246 e. The van der Waals surface area contributed by atoms with Crippen molar-refractivity contribution in [1.29, 1.82) is 0 Å². The number of fused-ring (bicyclic) bond motifs is 2. The van der Waals surface area contributed by atoms with Gasteiger partial charge in [-0.3, -0.25) is 4.79 Å². The van der Waals surface area contributed by atoms with Gasteiger partial charge in [0.05, 0.1) is 0 Å². The van der Waals surface area contributed by atoms with Crippen LogP contribution < -0.4 is 0 Å². The predicted octanol–water partition coefficient (Wildman–Crippen LogP) is 2.69. The molecule has 0 N–H and O–H groups in total. The summed E-state index contributed by atoms with van der Waals surface area (Å²) in [6.45, 7) is 0.768. The fourth-order valence-electron chi connectivity index (χ4n) is 2.57. The minimum atomic E-state index is -0.524. The number of hydrogen-bond acceptors (Lipinski definition) is 2. The fraction of sp³-hybridized carbons (Fsp3) is 0.357. The molecule has 100 valence electrons. The maximum atomic E-state index is 13.4. The molecule has 0 aromatic heterocycles. The second kappa shape index (κ2) is 4.96. The average molecular weight is 281 g/mol. The van der Waals surface area contributed by atoms with E-state index in [0.717, 1.165) is 36.9 Å². The van der Waals surface area contributed by atoms with E-state index >= 15 is 0 Å². The third kappa shape index (κ3) is 2.52. The van der Waals surface area contributed by atoms with E-state index in [-0.39, 0.29) is 11.5 Å². The first-order valence-electron chi connectivity index (χ1n) is 6.19. The molecule has 0 radical (unpaired) electrons. The number of halogens is 2. The quantitative estimate of drug-likeness (QED) is 0.777. The number of likely N-dealkylation sites (tertiary alicyclic amines) is 1. The van der Waals surface area contributed by atoms with Crippen molar-refractivity contribution < 1.29 is 13.6 Å². The highest BCUT2D eigenvalue weighted by atomic mass is 32.2. The van der Waals surface area contributed by atoms with Crippen LogP contribution in [0.1, 0.15) is 12.0 Å². The lowest BCUT2D eigenvalue weighted by Gasteiger charge is -2.25. The van der Waals surface area contributed by atoms with Crippen LogP contribution >= 0.6 is 11.8 Å². The van der Waals surface area contributed by atoms with Gasteiger partial charge in [-0.1, -0.05) is 0 Å². The van der Waals surface area contributed by atoms with Crippen LogP contribution in [-0.2, 0) is 4.79 Å². The van der Waals surface area contributed by atoms with Crippen molar-refractivity contribution in [2.45, 2.75) is 17.7 Å². The molecule has 0 aliphatic carbocycles. The van der Waals surface area contributed by atoms with Crippen molar-refractivity contribution in [2.24, 2.45) is 0 Å². The molecule has 2 aliphatic heterocycles. The number of amides is 1. The van der Waals surface area contributed by atoms with Gasteiger partial charge in [0.2, 0.25) is 5.91 Å². The largest absolute Gasteiger partial charge is 0.334 e. The molecule has 0 spiro atoms. The lowest BCUT2D eigenvalue weighted by molar-refractivity contribution is -0.126. The Balaban J connectivity index is 1.72. The topological polar surface area (TPSA) is 20.3 Å². The van der Waals surface area contributed by atoms with Gasteiger partial charge in [0.1, 0.15) is 11.6 Å². The highest BCUT2D eigenvalue weighted by molar-refractivity contribution is 8.00. The summed E-state index contributed by atoms with van der Waals surface area (Å²) in [7, 11) is 0. The van der Waals surface area contributed by atoms with Gasteiger partial charge in [0.25, 0.3) is 0 Å². The highest BCUT2D eigenvalue weighted by Crippen LogP contribution is 2.37. The van der Waals surface area contributed by atoms with Crippen LogP contribution in [-0.4, -0.2) is 34.4 Å². The number of nitrogens with zero attached hydrogens (tertiary/aromatic N) is 1. The van der Waals surface area contributed by atoms with Crippen LogP contribution in [0, 0.1) is 11.6 Å². The zero-order valence-corrected chi connectivity index (χ0v) is 11.0. The highest BCUT2D eigenvalue weighted by Gasteiger charge is 2.40. The van der Waals surface area contributed by atoms with Gasteiger partial charge < -0.3 is 4.90 Å². The van der Waals surface area contributed by atoms with Crippen LogP contribution in [0.4, 0.5) is 8.78 Å². The van der Waals surface area contributed by atoms with E-state index in [1.165, 1.54) is 12.2 Å². The SMILES string of the molecule is O=C(/C=C/c1cc(F)ccc1F)N1C[C@H]2C[C@H]1CS2. The van der Waals surface area contributed by atoms with Crippen molar-refractivity contribution in [3.8, 4) is 0 Å². The molecule has 3 rings (SSSR count). The van der Waals surface area contributed by atoms with E-state index in [2.05, 4.69) is 0 Å². The number of rotatable bonds is 2. The van der Waals surface area contributed by atoms with Gasteiger partial charge in [0, 0.05) is 35.2 Å². The van der Waals surface area contributed by atoms with Gasteiger partial charge in [-0.15, -0.1) is 0 Å². The van der Waals surface area contributed by atoms with Crippen LogP contribution in [0.3, 0.4) is 0 Å². The molecule has 1 aromatic carbocycles. The Labute approximate surface area is 114 Å². The van der Waals surface area contributed by atoms with Crippen molar-refractivity contribution in [2.75, 3.05) is 12.3 Å². The first kappa shape index (κ1) is 12.7. The predicted molar refractivity (Wildman–Crippen MR) is 71.8 cm³/mol. The molecule has 0 saturated carbocycles. The van der Waals surface area contributed by atoms with E-state index in [9.17, 15) is 13.6 Å². The molecule has 5 heteroatoms. The standard InChI is InChI=1S/C14H13F2NOS/c15-10-2-3-13(16)9(5-10)1-4-14(18)17-7-12-6-11(17)8-19-12/h1-5,11-12H,6-8H2/b4-1+/t11-,12+/m0/s1. The van der Waals surface area contributed by atoms with Gasteiger partial charge in [-0.05, 0) is 30.7 Å². The summed E-state index contributed by atoms with van der Waals surface area (Å²) in [4.78, 5) is 13.8. The zero-order chi connectivity index (χ0) is 13.4. The van der Waals surface area contributed by atoms with Crippen LogP contribution in [0.2, 0.25) is 0 Å². The van der Waals surface area contributed by atoms with E-state index < -0.39 is 11.6 Å². The van der Waals surface area contributed by atoms with Gasteiger partial charge >= 0.3 is 0 Å². The summed E-state index contributed by atoms with van der Waals surface area (Å²) in [6.07, 6.45) is 3.74. The molecule has 2 atom stereocenters. The summed E-state index contributed by atoms with van der Waals surface area (Å²) in [5.41, 5.74) is 0.104. The monoisotopic (exact) mass is 281 g/mol. The van der Waals surface area contributed by atoms with Crippen LogP contribution in [0.5, 0.6) is 0 Å². The number of carbonyl (C=O) groups is 1. The van der Waals surface area contributed by atoms with E-state index in [1.807, 2.05) is 16.7 Å².